The van der Waals surface area contributed by atoms with E-state index in [0.717, 1.165) is 161 Å². The molecule has 1 N–H and O–H groups in total. The molecule has 9 nitrogen and oxygen atoms in total. The zero-order chi connectivity index (χ0) is 60.5. The van der Waals surface area contributed by atoms with Gasteiger partial charge in [0.15, 0.2) is 6.10 Å². The summed E-state index contributed by atoms with van der Waals surface area (Å²) in [5, 5.41) is 9.73. The molecule has 2 atom stereocenters. The Labute approximate surface area is 507 Å². The first-order valence-corrected chi connectivity index (χ1v) is 32.3. The summed E-state index contributed by atoms with van der Waals surface area (Å²) in [6.45, 7) is 4.60. The average Bonchev–Trinajstić information content (AvgIpc) is 3.46. The second-order valence-corrected chi connectivity index (χ2v) is 22.0. The molecule has 0 saturated carbocycles. The molecule has 0 aliphatic carbocycles. The molecule has 2 unspecified atom stereocenters. The molecule has 0 spiro atoms. The van der Waals surface area contributed by atoms with Gasteiger partial charge in [0.2, 0.25) is 0 Å². The Hall–Kier alpha value is -5.35. The Morgan fingerprint density at radius 3 is 0.964 bits per heavy atom. The van der Waals surface area contributed by atoms with Crippen LogP contribution in [0.2, 0.25) is 0 Å². The second-order valence-electron chi connectivity index (χ2n) is 22.0. The molecule has 0 aliphatic heterocycles. The largest absolute Gasteiger partial charge is 0.477 e. The van der Waals surface area contributed by atoms with Crippen LogP contribution in [-0.2, 0) is 33.3 Å². The molecule has 0 amide bonds. The lowest BCUT2D eigenvalue weighted by molar-refractivity contribution is -0.870. The lowest BCUT2D eigenvalue weighted by Gasteiger charge is -2.25. The molecule has 0 radical (unpaired) electrons. The van der Waals surface area contributed by atoms with Gasteiger partial charge in [-0.2, -0.15) is 0 Å². The van der Waals surface area contributed by atoms with Crippen molar-refractivity contribution in [2.45, 2.75) is 232 Å². The van der Waals surface area contributed by atoms with E-state index in [9.17, 15) is 19.5 Å². The number of allylic oxidation sites excluding steroid dienone is 28. The lowest BCUT2D eigenvalue weighted by atomic mass is 10.1. The zero-order valence-electron chi connectivity index (χ0n) is 53.0. The molecule has 0 heterocycles. The number of unbranched alkanes of at least 4 members (excludes halogenated alkanes) is 14. The average molecular weight is 1150 g/mol. The van der Waals surface area contributed by atoms with Crippen molar-refractivity contribution in [3.63, 3.8) is 0 Å². The summed E-state index contributed by atoms with van der Waals surface area (Å²) in [6, 6.07) is 0. The van der Waals surface area contributed by atoms with Crippen molar-refractivity contribution < 1.29 is 42.9 Å². The Kier molecular flexibility index (Phi) is 58.6. The number of carboxylic acids is 1. The molecule has 9 heteroatoms. The van der Waals surface area contributed by atoms with Crippen LogP contribution in [0, 0.1) is 0 Å². The molecule has 0 aromatic rings. The van der Waals surface area contributed by atoms with Crippen LogP contribution in [-0.4, -0.2) is 87.4 Å². The minimum Gasteiger partial charge on any atom is -0.477 e. The van der Waals surface area contributed by atoms with E-state index in [4.69, 9.17) is 18.9 Å². The van der Waals surface area contributed by atoms with Crippen LogP contribution < -0.4 is 0 Å². The third-order valence-corrected chi connectivity index (χ3v) is 13.0. The highest BCUT2D eigenvalue weighted by Crippen LogP contribution is 2.14. The van der Waals surface area contributed by atoms with Gasteiger partial charge in [0, 0.05) is 12.8 Å². The molecule has 0 bridgehead atoms. The fraction of sp³-hybridized carbons (Fsp3) is 0.581. The van der Waals surface area contributed by atoms with E-state index in [1.807, 2.05) is 21.1 Å². The van der Waals surface area contributed by atoms with Gasteiger partial charge in [-0.3, -0.25) is 9.59 Å². The Morgan fingerprint density at radius 1 is 0.361 bits per heavy atom. The van der Waals surface area contributed by atoms with Gasteiger partial charge in [-0.15, -0.1) is 0 Å². The molecular formula is C74H118NO8+. The summed E-state index contributed by atoms with van der Waals surface area (Å²) in [7, 11) is 5.95. The van der Waals surface area contributed by atoms with Crippen LogP contribution >= 0.6 is 0 Å². The summed E-state index contributed by atoms with van der Waals surface area (Å²) in [4.78, 5) is 37.6. The Balaban J connectivity index is 4.31. The minimum atomic E-state index is -1.53. The van der Waals surface area contributed by atoms with Crippen molar-refractivity contribution in [3.05, 3.63) is 170 Å². The molecule has 0 saturated heterocycles. The highest BCUT2D eigenvalue weighted by Gasteiger charge is 2.25. The number of hydrogen-bond acceptors (Lipinski definition) is 7. The van der Waals surface area contributed by atoms with E-state index in [1.165, 1.54) is 25.7 Å². The second kappa shape index (κ2) is 62.7. The van der Waals surface area contributed by atoms with Gasteiger partial charge in [-0.05, 0) is 128 Å². The summed E-state index contributed by atoms with van der Waals surface area (Å²) in [5.41, 5.74) is 0. The van der Waals surface area contributed by atoms with Gasteiger partial charge >= 0.3 is 17.9 Å². The number of likely N-dealkylation sites (N-methyl/N-ethyl adjacent to an activating group) is 1. The molecule has 0 fully saturated rings. The lowest BCUT2D eigenvalue weighted by Crippen LogP contribution is -2.40. The fourth-order valence-electron chi connectivity index (χ4n) is 8.09. The number of carbonyl (C=O) groups excluding carboxylic acids is 2. The quantitative estimate of drug-likeness (QED) is 0.0211. The van der Waals surface area contributed by atoms with E-state index < -0.39 is 24.3 Å². The first-order chi connectivity index (χ1) is 40.6. The standard InChI is InChI=1S/C74H117NO8/c1-6-8-10-12-14-16-18-20-22-24-26-28-30-32-34-35-36-37-39-41-43-45-47-49-51-53-55-57-59-61-63-65-72(77)83-70(69-82-74(73(78)79)80-67-66-75(3,4)5)68-81-71(76)64-62-60-58-56-54-52-50-48-46-44-42-40-38-33-31-29-27-25-23-21-19-17-15-13-11-9-7-2/h8-11,14-17,20-23,26-29,32-34,36-38,41-44,47,49,70,74H,6-7,12-13,18-19,24-25,30-31,35,39-40,45-46,48,50-69H2,1-5H3/p+1/b10-8-,11-9-,16-14-,17-15-,22-20-,23-21-,28-26-,29-27-,34-32-,37-36-,38-33-,43-41-,44-42-,49-47-. The van der Waals surface area contributed by atoms with Crippen molar-refractivity contribution in [2.75, 3.05) is 47.5 Å². The zero-order valence-corrected chi connectivity index (χ0v) is 53.0. The number of nitrogens with zero attached hydrogens (tertiary/aromatic N) is 1. The van der Waals surface area contributed by atoms with Crippen molar-refractivity contribution in [3.8, 4) is 0 Å². The van der Waals surface area contributed by atoms with E-state index in [2.05, 4.69) is 184 Å². The predicted molar refractivity (Wildman–Crippen MR) is 354 cm³/mol. The van der Waals surface area contributed by atoms with Gasteiger partial charge in [-0.1, -0.05) is 248 Å². The van der Waals surface area contributed by atoms with E-state index in [0.29, 0.717) is 17.4 Å². The van der Waals surface area contributed by atoms with Gasteiger partial charge < -0.3 is 28.5 Å². The topological polar surface area (TPSA) is 108 Å². The van der Waals surface area contributed by atoms with Crippen molar-refractivity contribution in [1.29, 1.82) is 0 Å². The van der Waals surface area contributed by atoms with Crippen LogP contribution in [0.3, 0.4) is 0 Å². The van der Waals surface area contributed by atoms with E-state index in [1.54, 1.807) is 0 Å². The summed E-state index contributed by atoms with van der Waals surface area (Å²) in [5.74, 6) is -2.06. The minimum absolute atomic E-state index is 0.173. The third-order valence-electron chi connectivity index (χ3n) is 13.0. The number of carbonyl (C=O) groups is 3. The number of hydrogen-bond donors (Lipinski definition) is 1. The van der Waals surface area contributed by atoms with E-state index >= 15 is 0 Å². The molecular weight excluding hydrogens is 1030 g/mol. The molecule has 0 aromatic carbocycles. The monoisotopic (exact) mass is 1150 g/mol. The smallest absolute Gasteiger partial charge is 0.361 e. The normalized spacial score (nSPS) is 13.9. The Bertz CT molecular complexity index is 1960. The van der Waals surface area contributed by atoms with Crippen LogP contribution in [0.25, 0.3) is 0 Å². The van der Waals surface area contributed by atoms with Gasteiger partial charge in [-0.25, -0.2) is 4.79 Å². The maximum atomic E-state index is 12.9. The van der Waals surface area contributed by atoms with Crippen molar-refractivity contribution in [2.24, 2.45) is 0 Å². The van der Waals surface area contributed by atoms with Crippen LogP contribution in [0.15, 0.2) is 170 Å². The first kappa shape index (κ1) is 77.7. The number of rotatable bonds is 57. The number of ether oxygens (including phenoxy) is 4. The molecule has 83 heavy (non-hydrogen) atoms. The highest BCUT2D eigenvalue weighted by atomic mass is 16.7. The maximum absolute atomic E-state index is 12.9. The van der Waals surface area contributed by atoms with Gasteiger partial charge in [0.05, 0.1) is 34.4 Å². The summed E-state index contributed by atoms with van der Waals surface area (Å²) >= 11 is 0. The number of carboxylic acid groups (broad SMARTS) is 1. The molecule has 0 aliphatic rings. The van der Waals surface area contributed by atoms with E-state index in [-0.39, 0.29) is 38.6 Å². The maximum Gasteiger partial charge on any atom is 0.361 e. The van der Waals surface area contributed by atoms with Crippen LogP contribution in [0.4, 0.5) is 0 Å². The SMILES string of the molecule is CC/C=C\C/C=C\C/C=C\C/C=C\C/C=C\C/C=C\C/C=C\C/C=C\CCCCCCCCC(=O)OC(COC(=O)CCCCCCCCCC/C=C\C/C=C\C/C=C\C/C=C\C/C=C\C/C=C\CC)COC(OCC[N+](C)(C)C)C(=O)O. The number of aliphatic carboxylic acids is 1. The molecule has 0 aromatic heterocycles. The first-order valence-electron chi connectivity index (χ1n) is 32.3. The molecule has 0 rings (SSSR count). The van der Waals surface area contributed by atoms with Crippen LogP contribution in [0.5, 0.6) is 0 Å². The third kappa shape index (κ3) is 64.1. The summed E-state index contributed by atoms with van der Waals surface area (Å²) < 4.78 is 22.9. The number of esters is 2. The predicted octanol–water partition coefficient (Wildman–Crippen LogP) is 19.9. The number of quaternary nitrogens is 1. The highest BCUT2D eigenvalue weighted by molar-refractivity contribution is 5.71. The Morgan fingerprint density at radius 2 is 0.651 bits per heavy atom. The summed E-state index contributed by atoms with van der Waals surface area (Å²) in [6.07, 6.45) is 91.5. The van der Waals surface area contributed by atoms with Crippen molar-refractivity contribution >= 4 is 17.9 Å². The fourth-order valence-corrected chi connectivity index (χ4v) is 8.09. The van der Waals surface area contributed by atoms with Gasteiger partial charge in [0.25, 0.3) is 6.29 Å². The molecule has 466 valence electrons. The van der Waals surface area contributed by atoms with Gasteiger partial charge in [0.1, 0.15) is 13.2 Å². The van der Waals surface area contributed by atoms with Crippen molar-refractivity contribution in [1.82, 2.24) is 0 Å². The van der Waals surface area contributed by atoms with Crippen LogP contribution in [0.1, 0.15) is 219 Å².